The summed E-state index contributed by atoms with van der Waals surface area (Å²) < 4.78 is 1.91. The standard InChI is InChI=1S/C17H21ClN2O/c1-3-20-15(17(18)11(2)19-20)10-16(21)14-8-12-6-4-5-7-13(12)9-14/h4-7,14,16,21H,3,8-10H2,1-2H3. The van der Waals surface area contributed by atoms with Crippen molar-refractivity contribution in [3.63, 3.8) is 0 Å². The molecular weight excluding hydrogens is 284 g/mol. The van der Waals surface area contributed by atoms with Gasteiger partial charge < -0.3 is 5.11 Å². The van der Waals surface area contributed by atoms with E-state index >= 15 is 0 Å². The predicted octanol–water partition coefficient (Wildman–Crippen LogP) is 3.18. The highest BCUT2D eigenvalue weighted by molar-refractivity contribution is 6.31. The van der Waals surface area contributed by atoms with Gasteiger partial charge in [-0.3, -0.25) is 4.68 Å². The number of nitrogens with zero attached hydrogens (tertiary/aromatic N) is 2. The van der Waals surface area contributed by atoms with E-state index in [4.69, 9.17) is 11.6 Å². The van der Waals surface area contributed by atoms with Crippen molar-refractivity contribution in [2.24, 2.45) is 5.92 Å². The molecule has 4 heteroatoms. The van der Waals surface area contributed by atoms with Gasteiger partial charge in [0.25, 0.3) is 0 Å². The summed E-state index contributed by atoms with van der Waals surface area (Å²) in [6.07, 6.45) is 2.10. The van der Waals surface area contributed by atoms with Gasteiger partial charge >= 0.3 is 0 Å². The summed E-state index contributed by atoms with van der Waals surface area (Å²) in [5.74, 6) is 0.277. The number of aliphatic hydroxyl groups excluding tert-OH is 1. The summed E-state index contributed by atoms with van der Waals surface area (Å²) in [6.45, 7) is 4.74. The first-order chi connectivity index (χ1) is 10.1. The largest absolute Gasteiger partial charge is 0.392 e. The molecule has 1 aromatic heterocycles. The number of fused-ring (bicyclic) bond motifs is 1. The van der Waals surface area contributed by atoms with E-state index in [1.165, 1.54) is 11.1 Å². The van der Waals surface area contributed by atoms with Crippen molar-refractivity contribution in [3.05, 3.63) is 51.8 Å². The molecule has 1 aliphatic carbocycles. The Bertz CT molecular complexity index is 625. The molecule has 2 aromatic rings. The number of aryl methyl sites for hydroxylation is 2. The van der Waals surface area contributed by atoms with Gasteiger partial charge in [0.15, 0.2) is 0 Å². The molecule has 112 valence electrons. The molecule has 3 nitrogen and oxygen atoms in total. The summed E-state index contributed by atoms with van der Waals surface area (Å²) in [7, 11) is 0. The third-order valence-corrected chi connectivity index (χ3v) is 4.97. The first kappa shape index (κ1) is 14.6. The fraction of sp³-hybridized carbons (Fsp3) is 0.471. The molecule has 3 rings (SSSR count). The van der Waals surface area contributed by atoms with Crippen LogP contribution >= 0.6 is 11.6 Å². The Balaban J connectivity index is 1.75. The van der Waals surface area contributed by atoms with E-state index in [0.717, 1.165) is 30.8 Å². The van der Waals surface area contributed by atoms with Crippen LogP contribution in [0, 0.1) is 12.8 Å². The fourth-order valence-electron chi connectivity index (χ4n) is 3.29. The Kier molecular flexibility index (Phi) is 4.05. The molecule has 0 radical (unpaired) electrons. The Morgan fingerprint density at radius 1 is 1.33 bits per heavy atom. The Morgan fingerprint density at radius 2 is 1.95 bits per heavy atom. The molecule has 0 fully saturated rings. The molecule has 1 unspecified atom stereocenters. The predicted molar refractivity (Wildman–Crippen MR) is 84.7 cm³/mol. The van der Waals surface area contributed by atoms with Gasteiger partial charge in [0.1, 0.15) is 0 Å². The zero-order chi connectivity index (χ0) is 15.0. The zero-order valence-electron chi connectivity index (χ0n) is 12.5. The Hall–Kier alpha value is -1.32. The molecule has 0 amide bonds. The highest BCUT2D eigenvalue weighted by atomic mass is 35.5. The number of aliphatic hydroxyl groups is 1. The van der Waals surface area contributed by atoms with Gasteiger partial charge in [-0.15, -0.1) is 0 Å². The second kappa shape index (κ2) is 5.82. The van der Waals surface area contributed by atoms with Gasteiger partial charge in [-0.05, 0) is 43.7 Å². The van der Waals surface area contributed by atoms with Crippen LogP contribution in [0.15, 0.2) is 24.3 Å². The van der Waals surface area contributed by atoms with Crippen LogP contribution in [-0.4, -0.2) is 21.0 Å². The average molecular weight is 305 g/mol. The molecule has 0 saturated heterocycles. The number of rotatable bonds is 4. The lowest BCUT2D eigenvalue weighted by Crippen LogP contribution is -2.25. The van der Waals surface area contributed by atoms with Crippen LogP contribution in [0.5, 0.6) is 0 Å². The second-order valence-electron chi connectivity index (χ2n) is 5.87. The monoisotopic (exact) mass is 304 g/mol. The molecule has 21 heavy (non-hydrogen) atoms. The lowest BCUT2D eigenvalue weighted by Gasteiger charge is -2.18. The van der Waals surface area contributed by atoms with E-state index in [1.807, 2.05) is 18.5 Å². The van der Waals surface area contributed by atoms with Crippen LogP contribution in [0.4, 0.5) is 0 Å². The van der Waals surface area contributed by atoms with E-state index in [1.54, 1.807) is 0 Å². The van der Waals surface area contributed by atoms with Crippen molar-refractivity contribution in [1.82, 2.24) is 9.78 Å². The third kappa shape index (κ3) is 2.72. The normalized spacial score (nSPS) is 16.2. The average Bonchev–Trinajstić information content (AvgIpc) is 3.03. The van der Waals surface area contributed by atoms with E-state index < -0.39 is 0 Å². The van der Waals surface area contributed by atoms with Crippen molar-refractivity contribution in [3.8, 4) is 0 Å². The van der Waals surface area contributed by atoms with Crippen molar-refractivity contribution in [1.29, 1.82) is 0 Å². The number of benzene rings is 1. The summed E-state index contributed by atoms with van der Waals surface area (Å²) in [6, 6.07) is 8.46. The summed E-state index contributed by atoms with van der Waals surface area (Å²) in [5, 5.41) is 15.8. The van der Waals surface area contributed by atoms with Crippen LogP contribution in [0.2, 0.25) is 5.02 Å². The van der Waals surface area contributed by atoms with Gasteiger partial charge in [-0.2, -0.15) is 5.10 Å². The fourth-order valence-corrected chi connectivity index (χ4v) is 3.51. The van der Waals surface area contributed by atoms with Gasteiger partial charge in [-0.1, -0.05) is 35.9 Å². The number of aromatic nitrogens is 2. The smallest absolute Gasteiger partial charge is 0.0848 e. The van der Waals surface area contributed by atoms with Gasteiger partial charge in [-0.25, -0.2) is 0 Å². The Labute approximate surface area is 130 Å². The summed E-state index contributed by atoms with van der Waals surface area (Å²) in [4.78, 5) is 0. The van der Waals surface area contributed by atoms with Crippen LogP contribution in [0.3, 0.4) is 0 Å². The van der Waals surface area contributed by atoms with Crippen LogP contribution < -0.4 is 0 Å². The molecule has 1 atom stereocenters. The molecule has 1 aliphatic rings. The molecule has 1 heterocycles. The van der Waals surface area contributed by atoms with E-state index in [2.05, 4.69) is 29.4 Å². The second-order valence-corrected chi connectivity index (χ2v) is 6.25. The van der Waals surface area contributed by atoms with Crippen molar-refractivity contribution >= 4 is 11.6 Å². The van der Waals surface area contributed by atoms with Crippen LogP contribution in [0.25, 0.3) is 0 Å². The minimum Gasteiger partial charge on any atom is -0.392 e. The summed E-state index contributed by atoms with van der Waals surface area (Å²) in [5.41, 5.74) is 4.54. The van der Waals surface area contributed by atoms with Crippen molar-refractivity contribution < 1.29 is 5.11 Å². The molecule has 0 saturated carbocycles. The van der Waals surface area contributed by atoms with Crippen molar-refractivity contribution in [2.75, 3.05) is 0 Å². The van der Waals surface area contributed by atoms with E-state index in [0.29, 0.717) is 11.4 Å². The number of halogens is 1. The lowest BCUT2D eigenvalue weighted by molar-refractivity contribution is 0.110. The quantitative estimate of drug-likeness (QED) is 0.942. The first-order valence-corrected chi connectivity index (χ1v) is 7.94. The topological polar surface area (TPSA) is 38.0 Å². The van der Waals surface area contributed by atoms with Crippen LogP contribution in [-0.2, 0) is 25.8 Å². The van der Waals surface area contributed by atoms with Crippen molar-refractivity contribution in [2.45, 2.75) is 45.8 Å². The molecule has 1 aromatic carbocycles. The maximum absolute atomic E-state index is 10.6. The van der Waals surface area contributed by atoms with Gasteiger partial charge in [0, 0.05) is 13.0 Å². The Morgan fingerprint density at radius 3 is 2.52 bits per heavy atom. The van der Waals surface area contributed by atoms with Gasteiger partial charge in [0.05, 0.1) is 22.5 Å². The third-order valence-electron chi connectivity index (χ3n) is 4.48. The SMILES string of the molecule is CCn1nc(C)c(Cl)c1CC(O)C1Cc2ccccc2C1. The highest BCUT2D eigenvalue weighted by Gasteiger charge is 2.29. The minimum atomic E-state index is -0.378. The maximum Gasteiger partial charge on any atom is 0.0848 e. The molecule has 1 N–H and O–H groups in total. The van der Waals surface area contributed by atoms with Crippen LogP contribution in [0.1, 0.15) is 29.4 Å². The lowest BCUT2D eigenvalue weighted by atomic mass is 9.95. The zero-order valence-corrected chi connectivity index (χ0v) is 13.3. The molecular formula is C17H21ClN2O. The molecule has 0 aliphatic heterocycles. The molecule has 0 bridgehead atoms. The number of hydrogen-bond donors (Lipinski definition) is 1. The van der Waals surface area contributed by atoms with Gasteiger partial charge in [0.2, 0.25) is 0 Å². The summed E-state index contributed by atoms with van der Waals surface area (Å²) >= 11 is 6.34. The van der Waals surface area contributed by atoms with E-state index in [-0.39, 0.29) is 12.0 Å². The molecule has 0 spiro atoms. The minimum absolute atomic E-state index is 0.277. The number of hydrogen-bond acceptors (Lipinski definition) is 2. The highest BCUT2D eigenvalue weighted by Crippen LogP contribution is 2.31. The first-order valence-electron chi connectivity index (χ1n) is 7.56. The maximum atomic E-state index is 10.6. The van der Waals surface area contributed by atoms with E-state index in [9.17, 15) is 5.11 Å².